The summed E-state index contributed by atoms with van der Waals surface area (Å²) in [5.74, 6) is 15.4. The Kier molecular flexibility index (Phi) is 5.23. The van der Waals surface area contributed by atoms with E-state index in [1.54, 1.807) is 14.2 Å². The second-order valence-corrected chi connectivity index (χ2v) is 6.26. The number of fused-ring (bicyclic) bond motifs is 1. The number of hydrogen-bond donors (Lipinski definition) is 0. The van der Waals surface area contributed by atoms with Crippen molar-refractivity contribution in [2.24, 2.45) is 0 Å². The van der Waals surface area contributed by atoms with Crippen LogP contribution >= 0.6 is 0 Å². The zero-order valence-electron chi connectivity index (χ0n) is 16.2. The summed E-state index contributed by atoms with van der Waals surface area (Å²) in [5, 5.41) is 1.90. The molecule has 3 nitrogen and oxygen atoms in total. The molecule has 0 bridgehead atoms. The summed E-state index contributed by atoms with van der Waals surface area (Å²) in [6, 6.07) is 23.1. The third-order valence-electron chi connectivity index (χ3n) is 4.44. The van der Waals surface area contributed by atoms with Crippen molar-refractivity contribution >= 4 is 10.8 Å². The molecule has 1 heterocycles. The average Bonchev–Trinajstić information content (AvgIpc) is 3.15. The Labute approximate surface area is 169 Å². The Hall–Kier alpha value is -4.08. The number of furan rings is 1. The fourth-order valence-electron chi connectivity index (χ4n) is 2.88. The Balaban J connectivity index is 1.68. The predicted octanol–water partition coefficient (Wildman–Crippen LogP) is 5.25. The van der Waals surface area contributed by atoms with Crippen molar-refractivity contribution in [2.75, 3.05) is 14.2 Å². The minimum absolute atomic E-state index is 0.607. The van der Waals surface area contributed by atoms with Crippen LogP contribution in [0, 0.1) is 23.7 Å². The largest absolute Gasteiger partial charge is 0.497 e. The van der Waals surface area contributed by atoms with E-state index in [-0.39, 0.29) is 0 Å². The van der Waals surface area contributed by atoms with Crippen LogP contribution in [0.2, 0.25) is 0 Å². The molecule has 0 atom stereocenters. The summed E-state index contributed by atoms with van der Waals surface area (Å²) in [7, 11) is 3.29. The molecule has 0 spiro atoms. The molecular formula is C26H18O3. The van der Waals surface area contributed by atoms with Crippen LogP contribution in [0.5, 0.6) is 11.5 Å². The first kappa shape index (κ1) is 18.3. The number of ether oxygens (including phenoxy) is 2. The normalized spacial score (nSPS) is 9.86. The van der Waals surface area contributed by atoms with Gasteiger partial charge >= 0.3 is 0 Å². The molecule has 0 fully saturated rings. The van der Waals surface area contributed by atoms with Crippen LogP contribution in [0.1, 0.15) is 22.6 Å². The topological polar surface area (TPSA) is 31.6 Å². The highest BCUT2D eigenvalue weighted by molar-refractivity contribution is 5.91. The Morgan fingerprint density at radius 3 is 1.34 bits per heavy atom. The molecule has 0 radical (unpaired) electrons. The maximum atomic E-state index is 6.00. The van der Waals surface area contributed by atoms with Gasteiger partial charge in [-0.1, -0.05) is 24.0 Å². The van der Waals surface area contributed by atoms with Gasteiger partial charge in [0.1, 0.15) is 11.5 Å². The number of benzene rings is 3. The summed E-state index contributed by atoms with van der Waals surface area (Å²) in [6.07, 6.45) is 0. The second kappa shape index (κ2) is 8.30. The van der Waals surface area contributed by atoms with Crippen LogP contribution in [-0.2, 0) is 0 Å². The lowest BCUT2D eigenvalue weighted by atomic mass is 10.1. The van der Waals surface area contributed by atoms with Crippen molar-refractivity contribution < 1.29 is 13.9 Å². The number of rotatable bonds is 2. The zero-order chi connectivity index (χ0) is 20.1. The molecule has 4 aromatic rings. The van der Waals surface area contributed by atoms with E-state index in [1.807, 2.05) is 72.8 Å². The molecule has 0 saturated carbocycles. The molecule has 0 amide bonds. The van der Waals surface area contributed by atoms with Crippen LogP contribution < -0.4 is 9.47 Å². The number of methoxy groups -OCH3 is 2. The fourth-order valence-corrected chi connectivity index (χ4v) is 2.88. The van der Waals surface area contributed by atoms with Gasteiger partial charge in [0.2, 0.25) is 0 Å². The standard InChI is InChI=1S/C26H18O3/c1-27-21-13-7-19(8-14-21)11-17-25-23-5-3-4-6-24(23)26(29-25)18-12-20-9-15-22(28-2)16-10-20/h3-10,13-16H,1-2H3. The monoisotopic (exact) mass is 378 g/mol. The summed E-state index contributed by atoms with van der Waals surface area (Å²) < 4.78 is 16.4. The fraction of sp³-hybridized carbons (Fsp3) is 0.0769. The van der Waals surface area contributed by atoms with E-state index in [0.29, 0.717) is 11.5 Å². The molecule has 29 heavy (non-hydrogen) atoms. The molecule has 3 heteroatoms. The van der Waals surface area contributed by atoms with Gasteiger partial charge in [0.15, 0.2) is 11.5 Å². The lowest BCUT2D eigenvalue weighted by Gasteiger charge is -1.97. The molecule has 4 rings (SSSR count). The van der Waals surface area contributed by atoms with Gasteiger partial charge in [-0.05, 0) is 72.5 Å². The van der Waals surface area contributed by atoms with Gasteiger partial charge in [-0.15, -0.1) is 0 Å². The summed E-state index contributed by atoms with van der Waals surface area (Å²) in [6.45, 7) is 0. The van der Waals surface area contributed by atoms with Crippen LogP contribution in [0.25, 0.3) is 10.8 Å². The van der Waals surface area contributed by atoms with Crippen LogP contribution in [-0.4, -0.2) is 14.2 Å². The molecule has 0 unspecified atom stereocenters. The minimum atomic E-state index is 0.607. The molecule has 0 aliphatic carbocycles. The highest BCUT2D eigenvalue weighted by Crippen LogP contribution is 2.25. The third kappa shape index (κ3) is 4.10. The Morgan fingerprint density at radius 1 is 0.552 bits per heavy atom. The van der Waals surface area contributed by atoms with Gasteiger partial charge in [0.25, 0.3) is 0 Å². The lowest BCUT2D eigenvalue weighted by molar-refractivity contribution is 0.414. The van der Waals surface area contributed by atoms with Gasteiger partial charge in [-0.2, -0.15) is 0 Å². The van der Waals surface area contributed by atoms with Gasteiger partial charge in [0, 0.05) is 21.9 Å². The van der Waals surface area contributed by atoms with E-state index in [0.717, 1.165) is 33.4 Å². The molecule has 1 aromatic heterocycles. The van der Waals surface area contributed by atoms with Crippen LogP contribution in [0.3, 0.4) is 0 Å². The quantitative estimate of drug-likeness (QED) is 0.447. The van der Waals surface area contributed by atoms with Gasteiger partial charge < -0.3 is 13.9 Å². The molecule has 0 aliphatic heterocycles. The summed E-state index contributed by atoms with van der Waals surface area (Å²) in [5.41, 5.74) is 1.77. The van der Waals surface area contributed by atoms with Crippen molar-refractivity contribution in [3.63, 3.8) is 0 Å². The maximum Gasteiger partial charge on any atom is 0.186 e. The summed E-state index contributed by atoms with van der Waals surface area (Å²) in [4.78, 5) is 0. The van der Waals surface area contributed by atoms with Crippen molar-refractivity contribution in [2.45, 2.75) is 0 Å². The molecule has 0 aliphatic rings. The SMILES string of the molecule is COc1ccc(C#Cc2oc(C#Cc3ccc(OC)cc3)c3ccccc23)cc1. The third-order valence-corrected chi connectivity index (χ3v) is 4.44. The van der Waals surface area contributed by atoms with Gasteiger partial charge in [0.05, 0.1) is 14.2 Å². The van der Waals surface area contributed by atoms with E-state index >= 15 is 0 Å². The molecule has 0 saturated heterocycles. The van der Waals surface area contributed by atoms with Crippen molar-refractivity contribution in [3.05, 3.63) is 95.4 Å². The first-order valence-electron chi connectivity index (χ1n) is 9.10. The van der Waals surface area contributed by atoms with E-state index in [2.05, 4.69) is 23.7 Å². The molecule has 0 N–H and O–H groups in total. The van der Waals surface area contributed by atoms with Crippen molar-refractivity contribution in [1.29, 1.82) is 0 Å². The number of hydrogen-bond acceptors (Lipinski definition) is 3. The lowest BCUT2D eigenvalue weighted by Crippen LogP contribution is -1.82. The molecular weight excluding hydrogens is 360 g/mol. The van der Waals surface area contributed by atoms with Crippen LogP contribution in [0.15, 0.2) is 77.2 Å². The average molecular weight is 378 g/mol. The first-order chi connectivity index (χ1) is 14.3. The predicted molar refractivity (Wildman–Crippen MR) is 114 cm³/mol. The molecule has 140 valence electrons. The van der Waals surface area contributed by atoms with E-state index < -0.39 is 0 Å². The van der Waals surface area contributed by atoms with Crippen molar-refractivity contribution in [1.82, 2.24) is 0 Å². The van der Waals surface area contributed by atoms with Gasteiger partial charge in [-0.3, -0.25) is 0 Å². The second-order valence-electron chi connectivity index (χ2n) is 6.26. The maximum absolute atomic E-state index is 6.00. The van der Waals surface area contributed by atoms with E-state index in [4.69, 9.17) is 13.9 Å². The van der Waals surface area contributed by atoms with E-state index in [1.165, 1.54) is 0 Å². The molecule has 3 aromatic carbocycles. The first-order valence-corrected chi connectivity index (χ1v) is 9.10. The smallest absolute Gasteiger partial charge is 0.186 e. The summed E-state index contributed by atoms with van der Waals surface area (Å²) >= 11 is 0. The van der Waals surface area contributed by atoms with Crippen LogP contribution in [0.4, 0.5) is 0 Å². The zero-order valence-corrected chi connectivity index (χ0v) is 16.2. The van der Waals surface area contributed by atoms with Gasteiger partial charge in [-0.25, -0.2) is 0 Å². The Bertz CT molecular complexity index is 1160. The highest BCUT2D eigenvalue weighted by Gasteiger charge is 2.09. The minimum Gasteiger partial charge on any atom is -0.497 e. The van der Waals surface area contributed by atoms with E-state index in [9.17, 15) is 0 Å². The highest BCUT2D eigenvalue weighted by atomic mass is 16.5. The van der Waals surface area contributed by atoms with Crippen molar-refractivity contribution in [3.8, 4) is 35.2 Å². The Morgan fingerprint density at radius 2 is 0.966 bits per heavy atom.